The molecule has 0 aliphatic carbocycles. The lowest BCUT2D eigenvalue weighted by Gasteiger charge is -2.40. The van der Waals surface area contributed by atoms with Gasteiger partial charge in [-0.1, -0.05) is 54.6 Å². The summed E-state index contributed by atoms with van der Waals surface area (Å²) < 4.78 is 19.0. The van der Waals surface area contributed by atoms with Crippen molar-refractivity contribution in [1.82, 2.24) is 14.9 Å². The lowest BCUT2D eigenvalue weighted by molar-refractivity contribution is -0.253. The summed E-state index contributed by atoms with van der Waals surface area (Å²) in [5, 5.41) is 15.4. The molecule has 2 saturated heterocycles. The first kappa shape index (κ1) is 33.2. The quantitative estimate of drug-likeness (QED) is 0.148. The van der Waals surface area contributed by atoms with Crippen LogP contribution in [0.1, 0.15) is 35.5 Å². The summed E-state index contributed by atoms with van der Waals surface area (Å²) in [6.07, 6.45) is 3.29. The molecule has 2 aliphatic rings. The van der Waals surface area contributed by atoms with E-state index < -0.39 is 6.29 Å². The molecule has 4 aromatic carbocycles. The van der Waals surface area contributed by atoms with E-state index >= 15 is 0 Å². The van der Waals surface area contributed by atoms with Crippen molar-refractivity contribution in [2.75, 3.05) is 48.3 Å². The largest absolute Gasteiger partial charge is 0.457 e. The van der Waals surface area contributed by atoms with Crippen LogP contribution in [0.3, 0.4) is 0 Å². The van der Waals surface area contributed by atoms with Crippen LogP contribution in [-0.2, 0) is 16.1 Å². The Bertz CT molecular complexity index is 1820. The number of anilines is 3. The fourth-order valence-electron chi connectivity index (χ4n) is 6.19. The fourth-order valence-corrected chi connectivity index (χ4v) is 6.19. The van der Waals surface area contributed by atoms with Crippen LogP contribution in [0.4, 0.5) is 22.1 Å². The predicted octanol–water partition coefficient (Wildman–Crippen LogP) is 6.77. The van der Waals surface area contributed by atoms with E-state index in [1.54, 1.807) is 24.5 Å². The molecule has 1 aromatic heterocycles. The van der Waals surface area contributed by atoms with E-state index in [1.165, 1.54) is 0 Å². The SMILES string of the molecule is O=C(Nc1ccc(Oc2ccccc2)cc1)Nc1cccc([C@@H]2O[C@H](CN3CCN(c4ncccn4)CC3)C[C@H](c3ccc(CO)cc3)O2)c1. The van der Waals surface area contributed by atoms with Gasteiger partial charge in [-0.25, -0.2) is 14.8 Å². The summed E-state index contributed by atoms with van der Waals surface area (Å²) in [6, 6.07) is 33.6. The first-order valence-electron chi connectivity index (χ1n) is 16.8. The molecule has 2 amide bonds. The number of urea groups is 1. The van der Waals surface area contributed by atoms with Crippen molar-refractivity contribution < 1.29 is 24.1 Å². The standard InChI is InChI=1S/C39H40N6O5/c46-27-28-10-12-29(13-11-28)36-25-35(26-44-20-22-45(23-21-44)38-40-18-5-19-41-38)49-37(50-36)30-6-4-7-32(24-30)43-39(47)42-31-14-16-34(17-15-31)48-33-8-2-1-3-9-33/h1-19,24,35-37,46H,20-23,25-27H2,(H2,42,43,47)/t35-,36+,37+/m0/s1. The molecule has 50 heavy (non-hydrogen) atoms. The molecule has 256 valence electrons. The van der Waals surface area contributed by atoms with Gasteiger partial charge in [0.2, 0.25) is 5.95 Å². The molecule has 2 fully saturated rings. The smallest absolute Gasteiger partial charge is 0.323 e. The molecule has 3 heterocycles. The molecule has 0 spiro atoms. The Hall–Kier alpha value is -5.33. The highest BCUT2D eigenvalue weighted by molar-refractivity contribution is 5.99. The first-order chi connectivity index (χ1) is 24.6. The number of aliphatic hydroxyl groups is 1. The van der Waals surface area contributed by atoms with Gasteiger partial charge < -0.3 is 34.9 Å². The number of benzene rings is 4. The van der Waals surface area contributed by atoms with E-state index in [1.807, 2.05) is 97.1 Å². The van der Waals surface area contributed by atoms with Gasteiger partial charge in [0.25, 0.3) is 0 Å². The van der Waals surface area contributed by atoms with E-state index in [4.69, 9.17) is 14.2 Å². The second-order valence-electron chi connectivity index (χ2n) is 12.3. The average molecular weight is 673 g/mol. The van der Waals surface area contributed by atoms with Gasteiger partial charge in [0, 0.05) is 68.5 Å². The number of para-hydroxylation sites is 1. The molecule has 0 unspecified atom stereocenters. The number of aliphatic hydroxyl groups excluding tert-OH is 1. The summed E-state index contributed by atoms with van der Waals surface area (Å²) in [5.74, 6) is 2.17. The normalized spacial score (nSPS) is 19.5. The highest BCUT2D eigenvalue weighted by Gasteiger charge is 2.34. The molecule has 7 rings (SSSR count). The second kappa shape index (κ2) is 15.9. The molecule has 3 N–H and O–H groups in total. The maximum absolute atomic E-state index is 13.0. The Kier molecular flexibility index (Phi) is 10.6. The third kappa shape index (κ3) is 8.63. The van der Waals surface area contributed by atoms with Crippen LogP contribution in [-0.4, -0.2) is 64.8 Å². The summed E-state index contributed by atoms with van der Waals surface area (Å²) in [4.78, 5) is 26.4. The maximum atomic E-state index is 13.0. The maximum Gasteiger partial charge on any atom is 0.323 e. The topological polar surface area (TPSA) is 121 Å². The molecule has 0 bridgehead atoms. The Labute approximate surface area is 291 Å². The Morgan fingerprint density at radius 2 is 1.48 bits per heavy atom. The van der Waals surface area contributed by atoms with Gasteiger partial charge in [-0.15, -0.1) is 0 Å². The molecular formula is C39H40N6O5. The van der Waals surface area contributed by atoms with E-state index in [2.05, 4.69) is 30.4 Å². The number of rotatable bonds is 10. The summed E-state index contributed by atoms with van der Waals surface area (Å²) in [5.41, 5.74) is 3.93. The number of carbonyl (C=O) groups excluding carboxylic acids is 1. The van der Waals surface area contributed by atoms with Crippen LogP contribution in [0.2, 0.25) is 0 Å². The minimum atomic E-state index is -0.641. The number of hydrogen-bond donors (Lipinski definition) is 3. The number of ether oxygens (including phenoxy) is 3. The molecule has 0 saturated carbocycles. The van der Waals surface area contributed by atoms with Gasteiger partial charge in [0.15, 0.2) is 6.29 Å². The van der Waals surface area contributed by atoms with Crippen LogP contribution in [0.15, 0.2) is 122 Å². The van der Waals surface area contributed by atoms with Crippen molar-refractivity contribution in [3.05, 3.63) is 138 Å². The molecule has 3 atom stereocenters. The zero-order chi connectivity index (χ0) is 34.1. The van der Waals surface area contributed by atoms with Crippen molar-refractivity contribution in [3.8, 4) is 11.5 Å². The third-order valence-electron chi connectivity index (χ3n) is 8.79. The van der Waals surface area contributed by atoms with Crippen LogP contribution < -0.4 is 20.3 Å². The number of amides is 2. The molecule has 5 aromatic rings. The number of carbonyl (C=O) groups is 1. The molecule has 0 radical (unpaired) electrons. The van der Waals surface area contributed by atoms with E-state index in [9.17, 15) is 9.90 Å². The van der Waals surface area contributed by atoms with Crippen LogP contribution in [0, 0.1) is 0 Å². The lowest BCUT2D eigenvalue weighted by Crippen LogP contribution is -2.50. The minimum absolute atomic E-state index is 0.0124. The second-order valence-corrected chi connectivity index (χ2v) is 12.3. The van der Waals surface area contributed by atoms with Crippen LogP contribution in [0.5, 0.6) is 11.5 Å². The Morgan fingerprint density at radius 1 is 0.760 bits per heavy atom. The highest BCUT2D eigenvalue weighted by atomic mass is 16.7. The third-order valence-corrected chi connectivity index (χ3v) is 8.79. The molecule has 2 aliphatic heterocycles. The highest BCUT2D eigenvalue weighted by Crippen LogP contribution is 2.39. The predicted molar refractivity (Wildman–Crippen MR) is 191 cm³/mol. The Morgan fingerprint density at radius 3 is 2.22 bits per heavy atom. The number of aromatic nitrogens is 2. The van der Waals surface area contributed by atoms with Crippen molar-refractivity contribution in [2.45, 2.75) is 31.5 Å². The van der Waals surface area contributed by atoms with Gasteiger partial charge in [0.1, 0.15) is 11.5 Å². The summed E-state index contributed by atoms with van der Waals surface area (Å²) >= 11 is 0. The minimum Gasteiger partial charge on any atom is -0.457 e. The number of piperazine rings is 1. The molecular weight excluding hydrogens is 632 g/mol. The number of nitrogens with zero attached hydrogens (tertiary/aromatic N) is 4. The first-order valence-corrected chi connectivity index (χ1v) is 16.8. The lowest BCUT2D eigenvalue weighted by atomic mass is 9.99. The molecule has 11 heteroatoms. The van der Waals surface area contributed by atoms with Crippen molar-refractivity contribution >= 4 is 23.4 Å². The number of nitrogens with one attached hydrogen (secondary N) is 2. The molecule has 11 nitrogen and oxygen atoms in total. The van der Waals surface area contributed by atoms with Gasteiger partial charge in [-0.3, -0.25) is 4.90 Å². The Balaban J connectivity index is 1.00. The monoisotopic (exact) mass is 672 g/mol. The average Bonchev–Trinajstić information content (AvgIpc) is 3.17. The fraction of sp³-hybridized carbons (Fsp3) is 0.256. The zero-order valence-electron chi connectivity index (χ0n) is 27.6. The van der Waals surface area contributed by atoms with Crippen molar-refractivity contribution in [1.29, 1.82) is 0 Å². The van der Waals surface area contributed by atoms with E-state index in [0.717, 1.165) is 61.1 Å². The van der Waals surface area contributed by atoms with Crippen molar-refractivity contribution in [2.24, 2.45) is 0 Å². The number of hydrogen-bond acceptors (Lipinski definition) is 9. The van der Waals surface area contributed by atoms with E-state index in [0.29, 0.717) is 23.5 Å². The van der Waals surface area contributed by atoms with Crippen LogP contribution >= 0.6 is 0 Å². The van der Waals surface area contributed by atoms with Crippen molar-refractivity contribution in [3.63, 3.8) is 0 Å². The summed E-state index contributed by atoms with van der Waals surface area (Å²) in [7, 11) is 0. The van der Waals surface area contributed by atoms with E-state index in [-0.39, 0.29) is 24.8 Å². The van der Waals surface area contributed by atoms with Gasteiger partial charge in [0.05, 0.1) is 18.8 Å². The zero-order valence-corrected chi connectivity index (χ0v) is 27.6. The van der Waals surface area contributed by atoms with Gasteiger partial charge in [-0.2, -0.15) is 0 Å². The summed E-state index contributed by atoms with van der Waals surface area (Å²) in [6.45, 7) is 4.16. The van der Waals surface area contributed by atoms with Gasteiger partial charge >= 0.3 is 6.03 Å². The van der Waals surface area contributed by atoms with Crippen LogP contribution in [0.25, 0.3) is 0 Å². The van der Waals surface area contributed by atoms with Gasteiger partial charge in [-0.05, 0) is 65.7 Å².